The number of aryl methyl sites for hydroxylation is 1. The number of benzene rings is 2. The Morgan fingerprint density at radius 2 is 1.43 bits per heavy atom. The number of hydrogen-bond acceptors (Lipinski definition) is 1. The van der Waals surface area contributed by atoms with Crippen molar-refractivity contribution in [1.82, 2.24) is 0 Å². The zero-order valence-corrected chi connectivity index (χ0v) is 16.5. The lowest BCUT2D eigenvalue weighted by atomic mass is 9.78. The molecule has 0 heterocycles. The monoisotopic (exact) mass is 390 g/mol. The first kappa shape index (κ1) is 20.8. The molecule has 1 aliphatic rings. The van der Waals surface area contributed by atoms with E-state index in [2.05, 4.69) is 6.92 Å². The van der Waals surface area contributed by atoms with Gasteiger partial charge in [-0.25, -0.2) is 4.39 Å². The van der Waals surface area contributed by atoms with Gasteiger partial charge in [-0.05, 0) is 66.6 Å². The fraction of sp³-hybridized carbons (Fsp3) is 0.500. The largest absolute Gasteiger partial charge is 0.429 e. The second-order valence-corrected chi connectivity index (χ2v) is 7.98. The van der Waals surface area contributed by atoms with Crippen LogP contribution in [0, 0.1) is 17.7 Å². The molecular formula is C24H29F3O. The molecule has 0 atom stereocenters. The molecule has 0 spiro atoms. The molecule has 0 amide bonds. The molecule has 0 radical (unpaired) electrons. The average molecular weight is 390 g/mol. The molecule has 152 valence electrons. The first-order valence-electron chi connectivity index (χ1n) is 10.4. The Morgan fingerprint density at radius 1 is 0.857 bits per heavy atom. The molecule has 3 rings (SSSR count). The molecule has 0 unspecified atom stereocenters. The van der Waals surface area contributed by atoms with Crippen LogP contribution in [0.3, 0.4) is 0 Å². The summed E-state index contributed by atoms with van der Waals surface area (Å²) < 4.78 is 46.3. The van der Waals surface area contributed by atoms with Crippen LogP contribution in [0.1, 0.15) is 63.0 Å². The van der Waals surface area contributed by atoms with Gasteiger partial charge in [0.25, 0.3) is 0 Å². The fourth-order valence-electron chi connectivity index (χ4n) is 4.16. The fourth-order valence-corrected chi connectivity index (χ4v) is 4.16. The maximum Gasteiger partial charge on any atom is 0.426 e. The summed E-state index contributed by atoms with van der Waals surface area (Å²) in [7, 11) is 0. The van der Waals surface area contributed by atoms with Crippen molar-refractivity contribution in [2.24, 2.45) is 11.8 Å². The highest BCUT2D eigenvalue weighted by molar-refractivity contribution is 5.28. The van der Waals surface area contributed by atoms with E-state index in [9.17, 15) is 13.2 Å². The number of halogens is 3. The minimum atomic E-state index is -3.45. The highest BCUT2D eigenvalue weighted by atomic mass is 19.3. The minimum Gasteiger partial charge on any atom is -0.429 e. The number of hydrogen-bond donors (Lipinski definition) is 0. The van der Waals surface area contributed by atoms with Crippen LogP contribution in [-0.2, 0) is 12.5 Å². The van der Waals surface area contributed by atoms with Crippen LogP contribution in [0.25, 0.3) is 0 Å². The highest BCUT2D eigenvalue weighted by Crippen LogP contribution is 2.35. The molecule has 28 heavy (non-hydrogen) atoms. The first-order valence-corrected chi connectivity index (χ1v) is 10.4. The van der Waals surface area contributed by atoms with E-state index >= 15 is 0 Å². The number of alkyl halides is 2. The van der Waals surface area contributed by atoms with Gasteiger partial charge in [0.2, 0.25) is 0 Å². The number of rotatable bonds is 8. The van der Waals surface area contributed by atoms with Crippen molar-refractivity contribution in [2.75, 3.05) is 0 Å². The van der Waals surface area contributed by atoms with Crippen LogP contribution in [0.4, 0.5) is 13.2 Å². The van der Waals surface area contributed by atoms with Crippen molar-refractivity contribution in [3.8, 4) is 5.75 Å². The summed E-state index contributed by atoms with van der Waals surface area (Å²) in [6.07, 6.45) is 6.50. The zero-order valence-electron chi connectivity index (χ0n) is 16.5. The summed E-state index contributed by atoms with van der Waals surface area (Å²) in [5.41, 5.74) is 0.887. The second-order valence-electron chi connectivity index (χ2n) is 7.98. The Morgan fingerprint density at radius 3 is 2.00 bits per heavy atom. The quantitative estimate of drug-likeness (QED) is 0.453. The van der Waals surface area contributed by atoms with Crippen LogP contribution in [0.5, 0.6) is 5.75 Å². The van der Waals surface area contributed by atoms with Crippen molar-refractivity contribution in [1.29, 1.82) is 0 Å². The topological polar surface area (TPSA) is 9.23 Å². The van der Waals surface area contributed by atoms with Crippen molar-refractivity contribution in [2.45, 2.75) is 64.4 Å². The molecule has 2 aromatic carbocycles. The first-order chi connectivity index (χ1) is 13.5. The van der Waals surface area contributed by atoms with Gasteiger partial charge >= 0.3 is 6.11 Å². The molecule has 0 aromatic heterocycles. The Labute approximate surface area is 165 Å². The highest BCUT2D eigenvalue weighted by Gasteiger charge is 2.34. The molecule has 1 fully saturated rings. The molecule has 1 nitrogen and oxygen atoms in total. The van der Waals surface area contributed by atoms with Gasteiger partial charge < -0.3 is 4.74 Å². The van der Waals surface area contributed by atoms with Gasteiger partial charge in [0.05, 0.1) is 5.56 Å². The zero-order chi connectivity index (χ0) is 20.0. The van der Waals surface area contributed by atoms with E-state index in [0.717, 1.165) is 42.4 Å². The van der Waals surface area contributed by atoms with Crippen LogP contribution in [-0.4, -0.2) is 0 Å². The van der Waals surface area contributed by atoms with Gasteiger partial charge in [0, 0.05) is 0 Å². The molecular weight excluding hydrogens is 361 g/mol. The van der Waals surface area contributed by atoms with Gasteiger partial charge in [0.15, 0.2) is 0 Å². The van der Waals surface area contributed by atoms with Crippen molar-refractivity contribution < 1.29 is 17.9 Å². The van der Waals surface area contributed by atoms with E-state index in [0.29, 0.717) is 0 Å². The standard InChI is InChI=1S/C24H29F3O/c1-2-3-18-4-6-19(7-5-18)8-9-20-10-12-21(13-11-20)24(26,27)28-23-16-14-22(25)15-17-23/h10-19H,2-9H2,1H3/t18-,19-. The van der Waals surface area contributed by atoms with Crippen molar-refractivity contribution in [3.05, 3.63) is 65.5 Å². The smallest absolute Gasteiger partial charge is 0.426 e. The van der Waals surface area contributed by atoms with Gasteiger partial charge in [-0.1, -0.05) is 57.6 Å². The second kappa shape index (κ2) is 9.49. The van der Waals surface area contributed by atoms with E-state index in [1.165, 1.54) is 62.8 Å². The van der Waals surface area contributed by atoms with Crippen LogP contribution >= 0.6 is 0 Å². The maximum absolute atomic E-state index is 14.3. The Bertz CT molecular complexity index is 717. The predicted octanol–water partition coefficient (Wildman–Crippen LogP) is 7.49. The molecule has 0 aliphatic heterocycles. The summed E-state index contributed by atoms with van der Waals surface area (Å²) in [6.45, 7) is 2.25. The van der Waals surface area contributed by atoms with Gasteiger partial charge in [-0.15, -0.1) is 0 Å². The van der Waals surface area contributed by atoms with E-state index in [1.54, 1.807) is 12.1 Å². The van der Waals surface area contributed by atoms with Crippen LogP contribution in [0.2, 0.25) is 0 Å². The lowest BCUT2D eigenvalue weighted by Crippen LogP contribution is -2.21. The van der Waals surface area contributed by atoms with Gasteiger partial charge in [-0.2, -0.15) is 8.78 Å². The lowest BCUT2D eigenvalue weighted by molar-refractivity contribution is -0.185. The maximum atomic E-state index is 14.3. The third kappa shape index (κ3) is 5.76. The molecule has 0 bridgehead atoms. The molecule has 0 N–H and O–H groups in total. The summed E-state index contributed by atoms with van der Waals surface area (Å²) >= 11 is 0. The van der Waals surface area contributed by atoms with Crippen LogP contribution in [0.15, 0.2) is 48.5 Å². The molecule has 4 heteroatoms. The molecule has 2 aromatic rings. The number of ether oxygens (including phenoxy) is 1. The van der Waals surface area contributed by atoms with E-state index in [4.69, 9.17) is 4.74 Å². The van der Waals surface area contributed by atoms with Gasteiger partial charge in [-0.3, -0.25) is 0 Å². The van der Waals surface area contributed by atoms with Crippen LogP contribution < -0.4 is 4.74 Å². The normalized spacial score (nSPS) is 20.1. The Kier molecular flexibility index (Phi) is 7.03. The lowest BCUT2D eigenvalue weighted by Gasteiger charge is -2.28. The Hall–Kier alpha value is -1.97. The molecule has 1 saturated carbocycles. The van der Waals surface area contributed by atoms with E-state index in [-0.39, 0.29) is 11.3 Å². The summed E-state index contributed by atoms with van der Waals surface area (Å²) in [6, 6.07) is 11.0. The summed E-state index contributed by atoms with van der Waals surface area (Å²) in [4.78, 5) is 0. The summed E-state index contributed by atoms with van der Waals surface area (Å²) in [5, 5.41) is 0. The van der Waals surface area contributed by atoms with E-state index < -0.39 is 11.9 Å². The van der Waals surface area contributed by atoms with Crippen molar-refractivity contribution >= 4 is 0 Å². The SMILES string of the molecule is CCC[C@H]1CC[C@H](CCc2ccc(C(F)(F)Oc3ccc(F)cc3)cc2)CC1. The summed E-state index contributed by atoms with van der Waals surface area (Å²) in [5.74, 6) is 1.12. The molecule has 1 aliphatic carbocycles. The minimum absolute atomic E-state index is 0.0610. The Balaban J connectivity index is 1.51. The van der Waals surface area contributed by atoms with Gasteiger partial charge in [0.1, 0.15) is 11.6 Å². The van der Waals surface area contributed by atoms with E-state index in [1.807, 2.05) is 0 Å². The average Bonchev–Trinajstić information content (AvgIpc) is 2.70. The predicted molar refractivity (Wildman–Crippen MR) is 106 cm³/mol. The van der Waals surface area contributed by atoms with Crippen molar-refractivity contribution in [3.63, 3.8) is 0 Å². The molecule has 0 saturated heterocycles. The third-order valence-electron chi connectivity index (χ3n) is 5.85. The third-order valence-corrected chi connectivity index (χ3v) is 5.85.